The Morgan fingerprint density at radius 2 is 1.91 bits per heavy atom. The van der Waals surface area contributed by atoms with Crippen molar-refractivity contribution in [2.45, 2.75) is 32.5 Å². The molecule has 0 saturated heterocycles. The average molecular weight is 493 g/mol. The van der Waals surface area contributed by atoms with Crippen molar-refractivity contribution in [2.24, 2.45) is 16.5 Å². The highest BCUT2D eigenvalue weighted by Crippen LogP contribution is 2.31. The molecule has 0 atom stereocenters. The summed E-state index contributed by atoms with van der Waals surface area (Å²) in [5.74, 6) is 0.325. The summed E-state index contributed by atoms with van der Waals surface area (Å²) in [6.45, 7) is 0.449. The molecule has 0 saturated carbocycles. The van der Waals surface area contributed by atoms with Crippen LogP contribution in [0.2, 0.25) is 0 Å². The molecule has 9 nitrogen and oxygen atoms in total. The van der Waals surface area contributed by atoms with Crippen LogP contribution in [0.4, 0.5) is 18.9 Å². The third kappa shape index (κ3) is 7.57. The number of rotatable bonds is 10. The van der Waals surface area contributed by atoms with E-state index in [2.05, 4.69) is 19.7 Å². The molecule has 0 fully saturated rings. The van der Waals surface area contributed by atoms with E-state index < -0.39 is 18.7 Å². The lowest BCUT2D eigenvalue weighted by Crippen LogP contribution is -2.35. The van der Waals surface area contributed by atoms with Crippen molar-refractivity contribution >= 4 is 23.5 Å². The molecule has 35 heavy (non-hydrogen) atoms. The van der Waals surface area contributed by atoms with Crippen molar-refractivity contribution < 1.29 is 27.5 Å². The third-order valence-corrected chi connectivity index (χ3v) is 4.89. The molecule has 1 aliphatic heterocycles. The number of amidine groups is 1. The minimum Gasteiger partial charge on any atom is -0.387 e. The maximum absolute atomic E-state index is 13.1. The summed E-state index contributed by atoms with van der Waals surface area (Å²) in [7, 11) is 0. The fraction of sp³-hybridized carbons (Fsp3) is 0.391. The molecule has 1 aliphatic rings. The molecule has 12 heteroatoms. The van der Waals surface area contributed by atoms with Gasteiger partial charge in [-0.1, -0.05) is 19.1 Å². The normalized spacial score (nSPS) is 13.5. The van der Waals surface area contributed by atoms with Crippen molar-refractivity contribution in [1.82, 2.24) is 15.0 Å². The smallest absolute Gasteiger partial charge is 0.387 e. The molecule has 0 unspecified atom stereocenters. The lowest BCUT2D eigenvalue weighted by Gasteiger charge is -2.22. The molecule has 0 aliphatic carbocycles. The fourth-order valence-corrected chi connectivity index (χ4v) is 3.30. The van der Waals surface area contributed by atoms with Crippen LogP contribution in [0.1, 0.15) is 31.2 Å². The van der Waals surface area contributed by atoms with E-state index in [1.165, 1.54) is 0 Å². The first-order valence-electron chi connectivity index (χ1n) is 11.0. The zero-order chi connectivity index (χ0) is 25.4. The number of carbonyl (C=O) groups is 1. The summed E-state index contributed by atoms with van der Waals surface area (Å²) in [4.78, 5) is 31.4. The van der Waals surface area contributed by atoms with Gasteiger partial charge in [0, 0.05) is 42.1 Å². The number of ether oxygens (including phenoxy) is 1. The van der Waals surface area contributed by atoms with Gasteiger partial charge in [-0.2, -0.15) is 13.2 Å². The lowest BCUT2D eigenvalue weighted by molar-refractivity contribution is -0.201. The molecule has 1 amide bonds. The number of hydrogen-bond acceptors (Lipinski definition) is 8. The molecular weight excluding hydrogens is 465 g/mol. The van der Waals surface area contributed by atoms with E-state index >= 15 is 0 Å². The van der Waals surface area contributed by atoms with Crippen molar-refractivity contribution in [3.63, 3.8) is 0 Å². The molecule has 3 rings (SSSR count). The Bertz CT molecular complexity index is 1090. The number of benzene rings is 1. The Morgan fingerprint density at radius 3 is 2.57 bits per heavy atom. The summed E-state index contributed by atoms with van der Waals surface area (Å²) < 4.78 is 41.2. The van der Waals surface area contributed by atoms with Gasteiger partial charge in [0.2, 0.25) is 0 Å². The van der Waals surface area contributed by atoms with Crippen LogP contribution in [0.5, 0.6) is 0 Å². The summed E-state index contributed by atoms with van der Waals surface area (Å²) in [6.07, 6.45) is 1.27. The predicted octanol–water partition coefficient (Wildman–Crippen LogP) is 3.13. The van der Waals surface area contributed by atoms with Gasteiger partial charge in [0.25, 0.3) is 5.91 Å². The Kier molecular flexibility index (Phi) is 8.90. The third-order valence-electron chi connectivity index (χ3n) is 4.89. The molecule has 188 valence electrons. The summed E-state index contributed by atoms with van der Waals surface area (Å²) in [5.41, 5.74) is 14.8. The molecule has 1 aromatic heterocycles. The zero-order valence-corrected chi connectivity index (χ0v) is 19.2. The van der Waals surface area contributed by atoms with Crippen LogP contribution >= 0.6 is 0 Å². The molecule has 0 bridgehead atoms. The van der Waals surface area contributed by atoms with E-state index in [9.17, 15) is 18.0 Å². The number of nitrogens with zero attached hydrogens (tertiary/aromatic N) is 4. The van der Waals surface area contributed by atoms with Crippen molar-refractivity contribution in [3.05, 3.63) is 47.6 Å². The van der Waals surface area contributed by atoms with Gasteiger partial charge in [0.1, 0.15) is 18.3 Å². The summed E-state index contributed by atoms with van der Waals surface area (Å²) in [5, 5.41) is 1.12. The van der Waals surface area contributed by atoms with Crippen LogP contribution in [0, 0.1) is 0 Å². The average Bonchev–Trinajstić information content (AvgIpc) is 2.99. The number of alkyl halides is 3. The molecule has 4 N–H and O–H groups in total. The van der Waals surface area contributed by atoms with Gasteiger partial charge < -0.3 is 16.2 Å². The van der Waals surface area contributed by atoms with E-state index in [1.807, 2.05) is 25.1 Å². The number of amides is 1. The van der Waals surface area contributed by atoms with E-state index in [0.29, 0.717) is 29.1 Å². The Morgan fingerprint density at radius 1 is 1.17 bits per heavy atom. The highest BCUT2D eigenvalue weighted by molar-refractivity contribution is 6.05. The standard InChI is InChI=1S/C23H27F3N6O3/c1-2-5-32(35-7-6-34-14-23(24,25)26)22(33)17-8-16-4-3-15(9-19(16)31-20(28)10-17)18-12-29-21(11-27)30-13-18/h3-4,8-9,12-13H,2,5-7,10-11,14,27H2,1H3,(H2,28,31). The van der Waals surface area contributed by atoms with Gasteiger partial charge in [-0.3, -0.25) is 9.63 Å². The van der Waals surface area contributed by atoms with E-state index in [4.69, 9.17) is 16.3 Å². The maximum Gasteiger partial charge on any atom is 0.411 e. The molecule has 0 radical (unpaired) electrons. The Labute approximate surface area is 200 Å². The fourth-order valence-electron chi connectivity index (χ4n) is 3.30. The van der Waals surface area contributed by atoms with Crippen LogP contribution in [0.15, 0.2) is 41.2 Å². The minimum absolute atomic E-state index is 0.0886. The first-order valence-corrected chi connectivity index (χ1v) is 11.0. The number of carbonyl (C=O) groups excluding carboxylic acids is 1. The SMILES string of the molecule is CCCN(OCCOCC(F)(F)F)C(=O)C1=Cc2ccc(-c3cnc(CN)nc3)cc2N=C(N)C1. The number of hydroxylamine groups is 2. The first kappa shape index (κ1) is 26.3. The van der Waals surface area contributed by atoms with Gasteiger partial charge >= 0.3 is 6.18 Å². The van der Waals surface area contributed by atoms with Gasteiger partial charge in [0.05, 0.1) is 25.4 Å². The number of nitrogens with two attached hydrogens (primary N) is 2. The van der Waals surface area contributed by atoms with Crippen LogP contribution < -0.4 is 11.5 Å². The molecule has 2 aromatic rings. The first-order chi connectivity index (χ1) is 16.7. The van der Waals surface area contributed by atoms with E-state index in [1.54, 1.807) is 18.5 Å². The number of aliphatic imine (C=N–C) groups is 1. The second-order valence-electron chi connectivity index (χ2n) is 7.72. The highest BCUT2D eigenvalue weighted by Gasteiger charge is 2.27. The van der Waals surface area contributed by atoms with Crippen molar-refractivity contribution in [2.75, 3.05) is 26.4 Å². The second-order valence-corrected chi connectivity index (χ2v) is 7.72. The van der Waals surface area contributed by atoms with E-state index in [-0.39, 0.29) is 38.6 Å². The van der Waals surface area contributed by atoms with Gasteiger partial charge in [-0.25, -0.2) is 20.0 Å². The lowest BCUT2D eigenvalue weighted by atomic mass is 10.0. The Hall–Kier alpha value is -3.35. The largest absolute Gasteiger partial charge is 0.411 e. The number of aromatic nitrogens is 2. The van der Waals surface area contributed by atoms with E-state index in [0.717, 1.165) is 16.2 Å². The number of hydrogen-bond donors (Lipinski definition) is 2. The van der Waals surface area contributed by atoms with Crippen LogP contribution in [0.3, 0.4) is 0 Å². The highest BCUT2D eigenvalue weighted by atomic mass is 19.4. The monoisotopic (exact) mass is 492 g/mol. The Balaban J connectivity index is 1.76. The van der Waals surface area contributed by atoms with Gasteiger partial charge in [-0.15, -0.1) is 0 Å². The van der Waals surface area contributed by atoms with Crippen LogP contribution in [-0.2, 0) is 20.9 Å². The van der Waals surface area contributed by atoms with Gasteiger partial charge in [-0.05, 0) is 24.1 Å². The van der Waals surface area contributed by atoms with Crippen molar-refractivity contribution in [1.29, 1.82) is 0 Å². The minimum atomic E-state index is -4.42. The second kappa shape index (κ2) is 11.9. The summed E-state index contributed by atoms with van der Waals surface area (Å²) in [6, 6.07) is 5.49. The van der Waals surface area contributed by atoms with Crippen LogP contribution in [-0.4, -0.2) is 59.3 Å². The number of fused-ring (bicyclic) bond motifs is 1. The molecule has 2 heterocycles. The molecule has 1 aromatic carbocycles. The van der Waals surface area contributed by atoms with Crippen molar-refractivity contribution in [3.8, 4) is 11.1 Å². The topological polar surface area (TPSA) is 129 Å². The summed E-state index contributed by atoms with van der Waals surface area (Å²) >= 11 is 0. The zero-order valence-electron chi connectivity index (χ0n) is 19.2. The van der Waals surface area contributed by atoms with Gasteiger partial charge in [0.15, 0.2) is 0 Å². The molecular formula is C23H27F3N6O3. The number of halogens is 3. The molecule has 0 spiro atoms. The maximum atomic E-state index is 13.1. The quantitative estimate of drug-likeness (QED) is 0.385. The predicted molar refractivity (Wildman–Crippen MR) is 124 cm³/mol. The van der Waals surface area contributed by atoms with Crippen LogP contribution in [0.25, 0.3) is 17.2 Å².